The third-order valence-corrected chi connectivity index (χ3v) is 7.63. The highest BCUT2D eigenvalue weighted by Gasteiger charge is 2.35. The maximum Gasteiger partial charge on any atom is 0.338 e. The highest BCUT2D eigenvalue weighted by molar-refractivity contribution is 7.07. The van der Waals surface area contributed by atoms with Gasteiger partial charge in [-0.15, -0.1) is 0 Å². The maximum atomic E-state index is 13.8. The molecule has 0 unspecified atom stereocenters. The SMILES string of the molecule is CCOC(=O)C1=C(C)N=c2s/c(=C/c3ccc(N4CCN(C)CC4)o3)c(=O)n2[C@@H]1c1ccccc1OC. The molecule has 0 amide bonds. The predicted octanol–water partition coefficient (Wildman–Crippen LogP) is 2.15. The van der Waals surface area contributed by atoms with E-state index in [0.29, 0.717) is 37.7 Å². The number of thiazole rings is 1. The van der Waals surface area contributed by atoms with Gasteiger partial charge in [-0.1, -0.05) is 29.5 Å². The van der Waals surface area contributed by atoms with Crippen LogP contribution in [0.5, 0.6) is 5.75 Å². The standard InChI is InChI=1S/C27H30N4O5S/c1-5-35-26(33)23-17(2)28-27-31(24(23)19-8-6-7-9-20(19)34-4)25(32)21(37-27)16-18-10-11-22(36-18)30-14-12-29(3)13-15-30/h6-11,16,24H,5,12-15H2,1-4H3/b21-16+/t24-/m1/s1. The lowest BCUT2D eigenvalue weighted by atomic mass is 9.95. The topological polar surface area (TPSA) is 89.5 Å². The molecule has 9 nitrogen and oxygen atoms in total. The molecule has 0 bridgehead atoms. The molecule has 194 valence electrons. The molecule has 3 aromatic rings. The van der Waals surface area contributed by atoms with E-state index in [0.717, 1.165) is 32.1 Å². The molecule has 1 fully saturated rings. The van der Waals surface area contributed by atoms with Crippen LogP contribution < -0.4 is 24.5 Å². The number of allylic oxidation sites excluding steroid dienone is 1. The van der Waals surface area contributed by atoms with Gasteiger partial charge in [0.2, 0.25) is 0 Å². The number of rotatable bonds is 6. The van der Waals surface area contributed by atoms with Crippen LogP contribution in [0.15, 0.2) is 61.9 Å². The number of furan rings is 1. The van der Waals surface area contributed by atoms with Crippen molar-refractivity contribution in [1.82, 2.24) is 9.47 Å². The second-order valence-corrected chi connectivity index (χ2v) is 10.0. The average molecular weight is 523 g/mol. The van der Waals surface area contributed by atoms with Crippen molar-refractivity contribution in [2.45, 2.75) is 19.9 Å². The molecule has 1 atom stereocenters. The number of piperazine rings is 1. The van der Waals surface area contributed by atoms with E-state index in [1.165, 1.54) is 11.3 Å². The van der Waals surface area contributed by atoms with Crippen LogP contribution in [-0.2, 0) is 9.53 Å². The minimum absolute atomic E-state index is 0.215. The third-order valence-electron chi connectivity index (χ3n) is 6.65. The molecule has 1 aromatic carbocycles. The van der Waals surface area contributed by atoms with Crippen LogP contribution >= 0.6 is 11.3 Å². The van der Waals surface area contributed by atoms with Gasteiger partial charge in [-0.3, -0.25) is 9.36 Å². The van der Waals surface area contributed by atoms with E-state index in [4.69, 9.17) is 13.9 Å². The van der Waals surface area contributed by atoms with E-state index >= 15 is 0 Å². The second kappa shape index (κ2) is 10.4. The second-order valence-electron chi connectivity index (χ2n) is 9.01. The molecule has 2 aliphatic rings. The summed E-state index contributed by atoms with van der Waals surface area (Å²) < 4.78 is 19.1. The first-order valence-electron chi connectivity index (χ1n) is 12.3. The molecule has 1 saturated heterocycles. The van der Waals surface area contributed by atoms with E-state index in [1.807, 2.05) is 36.4 Å². The normalized spacial score (nSPS) is 18.5. The fourth-order valence-corrected chi connectivity index (χ4v) is 5.75. The minimum Gasteiger partial charge on any atom is -0.496 e. The summed E-state index contributed by atoms with van der Waals surface area (Å²) in [6, 6.07) is 10.5. The van der Waals surface area contributed by atoms with Crippen LogP contribution in [0.3, 0.4) is 0 Å². The Hall–Kier alpha value is -3.63. The lowest BCUT2D eigenvalue weighted by Crippen LogP contribution is -2.44. The summed E-state index contributed by atoms with van der Waals surface area (Å²) in [5.74, 6) is 1.45. The van der Waals surface area contributed by atoms with E-state index in [-0.39, 0.29) is 12.2 Å². The van der Waals surface area contributed by atoms with Gasteiger partial charge in [0, 0.05) is 43.9 Å². The number of carbonyl (C=O) groups is 1. The van der Waals surface area contributed by atoms with Crippen LogP contribution in [0.2, 0.25) is 0 Å². The van der Waals surface area contributed by atoms with Gasteiger partial charge in [-0.25, -0.2) is 9.79 Å². The average Bonchev–Trinajstić information content (AvgIpc) is 3.48. The number of nitrogens with zero attached hydrogens (tertiary/aromatic N) is 4. The van der Waals surface area contributed by atoms with Crippen molar-refractivity contribution in [2.24, 2.45) is 4.99 Å². The third kappa shape index (κ3) is 4.74. The van der Waals surface area contributed by atoms with Crippen LogP contribution in [0.25, 0.3) is 6.08 Å². The van der Waals surface area contributed by atoms with Crippen molar-refractivity contribution in [3.05, 3.63) is 78.7 Å². The Kier molecular flexibility index (Phi) is 7.03. The largest absolute Gasteiger partial charge is 0.496 e. The molecule has 2 aromatic heterocycles. The van der Waals surface area contributed by atoms with Gasteiger partial charge in [-0.05, 0) is 33.0 Å². The number of methoxy groups -OCH3 is 1. The highest BCUT2D eigenvalue weighted by atomic mass is 32.1. The molecule has 0 saturated carbocycles. The summed E-state index contributed by atoms with van der Waals surface area (Å²) in [7, 11) is 3.68. The smallest absolute Gasteiger partial charge is 0.338 e. The molecule has 2 aliphatic heterocycles. The zero-order chi connectivity index (χ0) is 26.1. The number of hydrogen-bond donors (Lipinski definition) is 0. The van der Waals surface area contributed by atoms with Gasteiger partial charge in [0.05, 0.1) is 29.5 Å². The van der Waals surface area contributed by atoms with E-state index in [1.54, 1.807) is 31.6 Å². The Balaban J connectivity index is 1.61. The lowest BCUT2D eigenvalue weighted by Gasteiger charge is -2.32. The van der Waals surface area contributed by atoms with Crippen molar-refractivity contribution >= 4 is 29.3 Å². The predicted molar refractivity (Wildman–Crippen MR) is 142 cm³/mol. The Morgan fingerprint density at radius 1 is 1.19 bits per heavy atom. The number of likely N-dealkylation sites (N-methyl/N-ethyl adjacent to an activating group) is 1. The summed E-state index contributed by atoms with van der Waals surface area (Å²) in [6.45, 7) is 7.45. The molecule has 37 heavy (non-hydrogen) atoms. The molecular formula is C27H30N4O5S. The summed E-state index contributed by atoms with van der Waals surface area (Å²) in [5, 5.41) is 0. The number of esters is 1. The van der Waals surface area contributed by atoms with Crippen LogP contribution in [0.4, 0.5) is 5.88 Å². The molecular weight excluding hydrogens is 492 g/mol. The number of fused-ring (bicyclic) bond motifs is 1. The van der Waals surface area contributed by atoms with Crippen LogP contribution in [0.1, 0.15) is 31.2 Å². The van der Waals surface area contributed by atoms with Crippen molar-refractivity contribution in [3.63, 3.8) is 0 Å². The molecule has 5 rings (SSSR count). The van der Waals surface area contributed by atoms with Gasteiger partial charge in [0.1, 0.15) is 17.6 Å². The van der Waals surface area contributed by atoms with Crippen molar-refractivity contribution in [3.8, 4) is 5.75 Å². The number of carbonyl (C=O) groups excluding carboxylic acids is 1. The number of anilines is 1. The number of aromatic nitrogens is 1. The maximum absolute atomic E-state index is 13.8. The zero-order valence-corrected chi connectivity index (χ0v) is 22.2. The molecule has 0 aliphatic carbocycles. The Bertz CT molecular complexity index is 1520. The Morgan fingerprint density at radius 2 is 1.95 bits per heavy atom. The summed E-state index contributed by atoms with van der Waals surface area (Å²) >= 11 is 1.27. The minimum atomic E-state index is -0.730. The monoisotopic (exact) mass is 522 g/mol. The number of ether oxygens (including phenoxy) is 2. The van der Waals surface area contributed by atoms with Gasteiger partial charge in [0.25, 0.3) is 5.56 Å². The van der Waals surface area contributed by atoms with E-state index < -0.39 is 12.0 Å². The summed E-state index contributed by atoms with van der Waals surface area (Å²) in [5.41, 5.74) is 1.26. The summed E-state index contributed by atoms with van der Waals surface area (Å²) in [6.07, 6.45) is 1.74. The first-order chi connectivity index (χ1) is 17.9. The number of hydrogen-bond acceptors (Lipinski definition) is 9. The quantitative estimate of drug-likeness (QED) is 0.459. The highest BCUT2D eigenvalue weighted by Crippen LogP contribution is 2.35. The van der Waals surface area contributed by atoms with Gasteiger partial charge >= 0.3 is 5.97 Å². The molecule has 0 N–H and O–H groups in total. The molecule has 0 radical (unpaired) electrons. The number of para-hydroxylation sites is 1. The Labute approximate surface area is 218 Å². The number of benzene rings is 1. The van der Waals surface area contributed by atoms with E-state index in [2.05, 4.69) is 21.8 Å². The fraction of sp³-hybridized carbons (Fsp3) is 0.370. The van der Waals surface area contributed by atoms with Crippen molar-refractivity contribution in [1.29, 1.82) is 0 Å². The first-order valence-corrected chi connectivity index (χ1v) is 13.1. The van der Waals surface area contributed by atoms with Crippen molar-refractivity contribution in [2.75, 3.05) is 51.8 Å². The molecule has 0 spiro atoms. The summed E-state index contributed by atoms with van der Waals surface area (Å²) in [4.78, 5) is 36.5. The Morgan fingerprint density at radius 3 is 2.68 bits per heavy atom. The van der Waals surface area contributed by atoms with Gasteiger partial charge < -0.3 is 23.7 Å². The molecule has 4 heterocycles. The lowest BCUT2D eigenvalue weighted by molar-refractivity contribution is -0.139. The van der Waals surface area contributed by atoms with Gasteiger partial charge in [-0.2, -0.15) is 0 Å². The van der Waals surface area contributed by atoms with E-state index in [9.17, 15) is 9.59 Å². The zero-order valence-electron chi connectivity index (χ0n) is 21.4. The molecule has 10 heteroatoms. The van der Waals surface area contributed by atoms with Gasteiger partial charge in [0.15, 0.2) is 10.7 Å². The first kappa shape index (κ1) is 25.0. The van der Waals surface area contributed by atoms with Crippen molar-refractivity contribution < 1.29 is 18.7 Å². The fourth-order valence-electron chi connectivity index (χ4n) is 4.72. The van der Waals surface area contributed by atoms with Crippen LogP contribution in [-0.4, -0.2) is 62.4 Å². The van der Waals surface area contributed by atoms with Crippen LogP contribution in [0, 0.1) is 0 Å².